The molecule has 6 nitrogen and oxygen atoms in total. The number of rotatable bonds is 6. The van der Waals surface area contributed by atoms with Crippen molar-refractivity contribution < 1.29 is 9.59 Å². The maximum atomic E-state index is 12.6. The standard InChI is InChI=1S/C17H32N4O2/c1-17(2,16(23)18-3)21-12-7-8-14(21)15(22)19-9-13-20-10-5-4-6-11-20/h14H,4-13H2,1-3H3,(H,18,23)(H,19,22)/t14-/m0/s1. The average Bonchev–Trinajstić information content (AvgIpc) is 3.05. The molecule has 6 heteroatoms. The highest BCUT2D eigenvalue weighted by atomic mass is 16.2. The molecule has 0 saturated carbocycles. The van der Waals surface area contributed by atoms with Crippen LogP contribution < -0.4 is 10.6 Å². The lowest BCUT2D eigenvalue weighted by molar-refractivity contribution is -0.135. The van der Waals surface area contributed by atoms with E-state index in [1.54, 1.807) is 7.05 Å². The van der Waals surface area contributed by atoms with Gasteiger partial charge in [-0.3, -0.25) is 14.5 Å². The zero-order valence-corrected chi connectivity index (χ0v) is 14.9. The van der Waals surface area contributed by atoms with Crippen molar-refractivity contribution in [2.24, 2.45) is 0 Å². The van der Waals surface area contributed by atoms with Crippen LogP contribution in [0.1, 0.15) is 46.0 Å². The number of nitrogens with one attached hydrogen (secondary N) is 2. The summed E-state index contributed by atoms with van der Waals surface area (Å²) < 4.78 is 0. The van der Waals surface area contributed by atoms with E-state index in [4.69, 9.17) is 0 Å². The molecular formula is C17H32N4O2. The molecule has 0 bridgehead atoms. The maximum Gasteiger partial charge on any atom is 0.239 e. The second-order valence-corrected chi connectivity index (χ2v) is 7.18. The van der Waals surface area contributed by atoms with E-state index >= 15 is 0 Å². The quantitative estimate of drug-likeness (QED) is 0.750. The van der Waals surface area contributed by atoms with Crippen LogP contribution in [0, 0.1) is 0 Å². The lowest BCUT2D eigenvalue weighted by atomic mass is 10.00. The Hall–Kier alpha value is -1.14. The first kappa shape index (κ1) is 18.2. The van der Waals surface area contributed by atoms with Crippen molar-refractivity contribution >= 4 is 11.8 Å². The number of amides is 2. The van der Waals surface area contributed by atoms with E-state index in [1.807, 2.05) is 18.7 Å². The topological polar surface area (TPSA) is 64.7 Å². The SMILES string of the molecule is CNC(=O)C(C)(C)N1CCC[C@H]1C(=O)NCCN1CCCCC1. The van der Waals surface area contributed by atoms with E-state index in [-0.39, 0.29) is 17.9 Å². The van der Waals surface area contributed by atoms with Crippen LogP contribution in [0.2, 0.25) is 0 Å². The van der Waals surface area contributed by atoms with E-state index in [2.05, 4.69) is 15.5 Å². The predicted octanol–water partition coefficient (Wildman–Crippen LogP) is 0.578. The first-order valence-electron chi connectivity index (χ1n) is 8.96. The molecular weight excluding hydrogens is 292 g/mol. The third-order valence-corrected chi connectivity index (χ3v) is 5.23. The number of hydrogen-bond acceptors (Lipinski definition) is 4. The Labute approximate surface area is 140 Å². The average molecular weight is 324 g/mol. The Balaban J connectivity index is 1.84. The van der Waals surface area contributed by atoms with Gasteiger partial charge in [0.05, 0.1) is 11.6 Å². The lowest BCUT2D eigenvalue weighted by Gasteiger charge is -2.37. The van der Waals surface area contributed by atoms with Crippen molar-refractivity contribution in [1.29, 1.82) is 0 Å². The first-order valence-corrected chi connectivity index (χ1v) is 8.96. The van der Waals surface area contributed by atoms with E-state index in [1.165, 1.54) is 19.3 Å². The molecule has 2 saturated heterocycles. The van der Waals surface area contributed by atoms with E-state index in [0.29, 0.717) is 6.54 Å². The molecule has 132 valence electrons. The fourth-order valence-electron chi connectivity index (χ4n) is 3.78. The fraction of sp³-hybridized carbons (Fsp3) is 0.882. The molecule has 0 aromatic heterocycles. The van der Waals surface area contributed by atoms with Gasteiger partial charge in [-0.2, -0.15) is 0 Å². The van der Waals surface area contributed by atoms with Crippen molar-refractivity contribution in [3.05, 3.63) is 0 Å². The molecule has 2 aliphatic heterocycles. The molecule has 0 aromatic carbocycles. The van der Waals surface area contributed by atoms with Crippen LogP contribution in [0.15, 0.2) is 0 Å². The van der Waals surface area contributed by atoms with Crippen molar-refractivity contribution in [3.63, 3.8) is 0 Å². The molecule has 2 aliphatic rings. The van der Waals surface area contributed by atoms with Crippen LogP contribution in [-0.2, 0) is 9.59 Å². The maximum absolute atomic E-state index is 12.6. The van der Waals surface area contributed by atoms with Gasteiger partial charge in [0.15, 0.2) is 0 Å². The van der Waals surface area contributed by atoms with Crippen LogP contribution in [0.3, 0.4) is 0 Å². The molecule has 2 heterocycles. The molecule has 0 aliphatic carbocycles. The Bertz CT molecular complexity index is 419. The molecule has 0 radical (unpaired) electrons. The molecule has 0 unspecified atom stereocenters. The number of piperidine rings is 1. The van der Waals surface area contributed by atoms with Crippen LogP contribution in [0.4, 0.5) is 0 Å². The number of carbonyl (C=O) groups excluding carboxylic acids is 2. The number of carbonyl (C=O) groups is 2. The molecule has 0 aromatic rings. The highest BCUT2D eigenvalue weighted by Crippen LogP contribution is 2.27. The third kappa shape index (κ3) is 4.44. The molecule has 23 heavy (non-hydrogen) atoms. The fourth-order valence-corrected chi connectivity index (χ4v) is 3.78. The molecule has 2 amide bonds. The third-order valence-electron chi connectivity index (χ3n) is 5.23. The number of likely N-dealkylation sites (N-methyl/N-ethyl adjacent to an activating group) is 1. The molecule has 0 spiro atoms. The summed E-state index contributed by atoms with van der Waals surface area (Å²) in [5, 5.41) is 5.79. The van der Waals surface area contributed by atoms with Gasteiger partial charge in [-0.25, -0.2) is 0 Å². The Morgan fingerprint density at radius 3 is 2.43 bits per heavy atom. The Morgan fingerprint density at radius 2 is 1.78 bits per heavy atom. The van der Waals surface area contributed by atoms with Gasteiger partial charge in [0.2, 0.25) is 11.8 Å². The van der Waals surface area contributed by atoms with Gasteiger partial charge in [-0.05, 0) is 52.6 Å². The zero-order valence-electron chi connectivity index (χ0n) is 14.9. The number of hydrogen-bond donors (Lipinski definition) is 2. The summed E-state index contributed by atoms with van der Waals surface area (Å²) >= 11 is 0. The molecule has 2 fully saturated rings. The normalized spacial score (nSPS) is 23.7. The summed E-state index contributed by atoms with van der Waals surface area (Å²) in [6, 6.07) is -0.191. The summed E-state index contributed by atoms with van der Waals surface area (Å²) in [6.07, 6.45) is 5.66. The van der Waals surface area contributed by atoms with Crippen LogP contribution in [0.25, 0.3) is 0 Å². The Kier molecular flexibility index (Phi) is 6.41. The van der Waals surface area contributed by atoms with E-state index in [0.717, 1.165) is 39.0 Å². The molecule has 1 atom stereocenters. The van der Waals surface area contributed by atoms with Crippen LogP contribution in [0.5, 0.6) is 0 Å². The second kappa shape index (κ2) is 8.11. The van der Waals surface area contributed by atoms with Gasteiger partial charge >= 0.3 is 0 Å². The minimum absolute atomic E-state index is 0.0366. The largest absolute Gasteiger partial charge is 0.358 e. The molecule has 2 N–H and O–H groups in total. The summed E-state index contributed by atoms with van der Waals surface area (Å²) in [5.41, 5.74) is -0.653. The minimum Gasteiger partial charge on any atom is -0.358 e. The zero-order chi connectivity index (χ0) is 16.9. The summed E-state index contributed by atoms with van der Waals surface area (Å²) in [6.45, 7) is 8.51. The summed E-state index contributed by atoms with van der Waals surface area (Å²) in [4.78, 5) is 29.1. The molecule has 2 rings (SSSR count). The van der Waals surface area contributed by atoms with Crippen molar-refractivity contribution in [1.82, 2.24) is 20.4 Å². The summed E-state index contributed by atoms with van der Waals surface area (Å²) in [7, 11) is 1.65. The monoisotopic (exact) mass is 324 g/mol. The second-order valence-electron chi connectivity index (χ2n) is 7.18. The van der Waals surface area contributed by atoms with Crippen molar-refractivity contribution in [2.45, 2.75) is 57.5 Å². The van der Waals surface area contributed by atoms with E-state index in [9.17, 15) is 9.59 Å². The predicted molar refractivity (Wildman–Crippen MR) is 91.2 cm³/mol. The van der Waals surface area contributed by atoms with Gasteiger partial charge in [0.25, 0.3) is 0 Å². The number of likely N-dealkylation sites (tertiary alicyclic amines) is 2. The number of nitrogens with zero attached hydrogens (tertiary/aromatic N) is 2. The smallest absolute Gasteiger partial charge is 0.239 e. The van der Waals surface area contributed by atoms with Gasteiger partial charge in [0, 0.05) is 26.7 Å². The highest BCUT2D eigenvalue weighted by molar-refractivity contribution is 5.87. The van der Waals surface area contributed by atoms with Gasteiger partial charge < -0.3 is 15.5 Å². The van der Waals surface area contributed by atoms with Crippen LogP contribution in [-0.4, -0.2) is 73.0 Å². The van der Waals surface area contributed by atoms with Gasteiger partial charge in [-0.1, -0.05) is 6.42 Å². The minimum atomic E-state index is -0.653. The van der Waals surface area contributed by atoms with Crippen LogP contribution >= 0.6 is 0 Å². The van der Waals surface area contributed by atoms with Crippen molar-refractivity contribution in [2.75, 3.05) is 39.8 Å². The Morgan fingerprint density at radius 1 is 1.09 bits per heavy atom. The van der Waals surface area contributed by atoms with E-state index < -0.39 is 5.54 Å². The first-order chi connectivity index (χ1) is 11.0. The van der Waals surface area contributed by atoms with Gasteiger partial charge in [-0.15, -0.1) is 0 Å². The van der Waals surface area contributed by atoms with Gasteiger partial charge in [0.1, 0.15) is 0 Å². The summed E-state index contributed by atoms with van der Waals surface area (Å²) in [5.74, 6) is 0.0296. The van der Waals surface area contributed by atoms with Crippen molar-refractivity contribution in [3.8, 4) is 0 Å². The lowest BCUT2D eigenvalue weighted by Crippen LogP contribution is -2.59. The highest BCUT2D eigenvalue weighted by Gasteiger charge is 2.43.